The van der Waals surface area contributed by atoms with E-state index in [0.717, 1.165) is 19.3 Å². The molecule has 1 saturated heterocycles. The second-order valence-corrected chi connectivity index (χ2v) is 5.43. The average Bonchev–Trinajstić information content (AvgIpc) is 2.61. The highest BCUT2D eigenvalue weighted by Gasteiger charge is 2.29. The highest BCUT2D eigenvalue weighted by Crippen LogP contribution is 2.21. The van der Waals surface area contributed by atoms with E-state index in [1.807, 2.05) is 6.92 Å². The van der Waals surface area contributed by atoms with Crippen LogP contribution in [0.25, 0.3) is 0 Å². The number of hydrogen-bond acceptors (Lipinski definition) is 3. The van der Waals surface area contributed by atoms with E-state index in [1.54, 1.807) is 0 Å². The molecule has 0 aromatic heterocycles. The molecule has 1 rings (SSSR count). The summed E-state index contributed by atoms with van der Waals surface area (Å²) in [7, 11) is 0. The van der Waals surface area contributed by atoms with Crippen molar-refractivity contribution in [2.24, 2.45) is 11.1 Å². The van der Waals surface area contributed by atoms with Gasteiger partial charge in [0.05, 0.1) is 6.10 Å². The molecule has 1 fully saturated rings. The molecule has 0 aromatic rings. The standard InChI is InChI=1S/C12H24N2O2/c1-9-4-5-10(16-9)11(15)14-8-12(2,3)6-7-13/h9-10H,4-8,13H2,1-3H3,(H,14,15). The molecule has 1 aliphatic rings. The van der Waals surface area contributed by atoms with E-state index in [2.05, 4.69) is 19.2 Å². The summed E-state index contributed by atoms with van der Waals surface area (Å²) < 4.78 is 5.51. The second-order valence-electron chi connectivity index (χ2n) is 5.43. The first-order valence-corrected chi connectivity index (χ1v) is 6.08. The molecule has 94 valence electrons. The van der Waals surface area contributed by atoms with Crippen LogP contribution in [-0.2, 0) is 9.53 Å². The van der Waals surface area contributed by atoms with Gasteiger partial charge in [-0.2, -0.15) is 0 Å². The Labute approximate surface area is 97.9 Å². The molecule has 2 unspecified atom stereocenters. The summed E-state index contributed by atoms with van der Waals surface area (Å²) in [6, 6.07) is 0. The van der Waals surface area contributed by atoms with Crippen LogP contribution in [0.1, 0.15) is 40.0 Å². The van der Waals surface area contributed by atoms with Crippen LogP contribution in [0.4, 0.5) is 0 Å². The molecule has 0 spiro atoms. The van der Waals surface area contributed by atoms with E-state index >= 15 is 0 Å². The van der Waals surface area contributed by atoms with Crippen LogP contribution in [-0.4, -0.2) is 31.2 Å². The fourth-order valence-electron chi connectivity index (χ4n) is 1.91. The maximum atomic E-state index is 11.8. The summed E-state index contributed by atoms with van der Waals surface area (Å²) in [6.07, 6.45) is 2.69. The van der Waals surface area contributed by atoms with Crippen molar-refractivity contribution in [2.45, 2.75) is 52.2 Å². The van der Waals surface area contributed by atoms with Crippen LogP contribution in [0.15, 0.2) is 0 Å². The maximum absolute atomic E-state index is 11.8. The largest absolute Gasteiger partial charge is 0.365 e. The van der Waals surface area contributed by atoms with Gasteiger partial charge in [-0.05, 0) is 38.1 Å². The van der Waals surface area contributed by atoms with E-state index in [9.17, 15) is 4.79 Å². The van der Waals surface area contributed by atoms with Crippen molar-refractivity contribution in [3.8, 4) is 0 Å². The molecule has 4 nitrogen and oxygen atoms in total. The highest BCUT2D eigenvalue weighted by molar-refractivity contribution is 5.81. The molecule has 3 N–H and O–H groups in total. The summed E-state index contributed by atoms with van der Waals surface area (Å²) >= 11 is 0. The Kier molecular flexibility index (Phi) is 4.74. The minimum Gasteiger partial charge on any atom is -0.365 e. The Balaban J connectivity index is 2.29. The summed E-state index contributed by atoms with van der Waals surface area (Å²) in [5, 5.41) is 2.95. The third-order valence-electron chi connectivity index (χ3n) is 3.09. The fourth-order valence-corrected chi connectivity index (χ4v) is 1.91. The summed E-state index contributed by atoms with van der Waals surface area (Å²) in [4.78, 5) is 11.8. The van der Waals surface area contributed by atoms with Gasteiger partial charge >= 0.3 is 0 Å². The average molecular weight is 228 g/mol. The molecule has 0 aliphatic carbocycles. The van der Waals surface area contributed by atoms with Gasteiger partial charge in [0, 0.05) is 6.54 Å². The monoisotopic (exact) mass is 228 g/mol. The first-order valence-electron chi connectivity index (χ1n) is 6.08. The van der Waals surface area contributed by atoms with Crippen molar-refractivity contribution in [2.75, 3.05) is 13.1 Å². The molecule has 0 aromatic carbocycles. The number of hydrogen-bond donors (Lipinski definition) is 2. The molecule has 1 aliphatic heterocycles. The normalized spacial score (nSPS) is 25.8. The van der Waals surface area contributed by atoms with Gasteiger partial charge in [0.15, 0.2) is 0 Å². The van der Waals surface area contributed by atoms with Crippen molar-refractivity contribution in [3.63, 3.8) is 0 Å². The third kappa shape index (κ3) is 4.10. The molecule has 0 radical (unpaired) electrons. The Bertz CT molecular complexity index is 241. The zero-order chi connectivity index (χ0) is 12.2. The number of carbonyl (C=O) groups is 1. The van der Waals surface area contributed by atoms with Crippen LogP contribution in [0, 0.1) is 5.41 Å². The molecule has 0 saturated carbocycles. The molecule has 1 amide bonds. The van der Waals surface area contributed by atoms with E-state index in [-0.39, 0.29) is 23.5 Å². The van der Waals surface area contributed by atoms with Crippen molar-refractivity contribution in [1.29, 1.82) is 0 Å². The lowest BCUT2D eigenvalue weighted by Gasteiger charge is -2.25. The third-order valence-corrected chi connectivity index (χ3v) is 3.09. The Morgan fingerprint density at radius 1 is 1.50 bits per heavy atom. The van der Waals surface area contributed by atoms with Gasteiger partial charge in [-0.15, -0.1) is 0 Å². The maximum Gasteiger partial charge on any atom is 0.249 e. The van der Waals surface area contributed by atoms with Crippen molar-refractivity contribution >= 4 is 5.91 Å². The first kappa shape index (κ1) is 13.5. The highest BCUT2D eigenvalue weighted by atomic mass is 16.5. The van der Waals surface area contributed by atoms with Crippen molar-refractivity contribution in [1.82, 2.24) is 5.32 Å². The fraction of sp³-hybridized carbons (Fsp3) is 0.917. The number of nitrogens with one attached hydrogen (secondary N) is 1. The van der Waals surface area contributed by atoms with Gasteiger partial charge < -0.3 is 15.8 Å². The van der Waals surface area contributed by atoms with Crippen molar-refractivity contribution < 1.29 is 9.53 Å². The van der Waals surface area contributed by atoms with Gasteiger partial charge in [-0.1, -0.05) is 13.8 Å². The number of nitrogens with two attached hydrogens (primary N) is 1. The van der Waals surface area contributed by atoms with Crippen LogP contribution in [0.2, 0.25) is 0 Å². The lowest BCUT2D eigenvalue weighted by atomic mass is 9.89. The molecule has 4 heteroatoms. The summed E-state index contributed by atoms with van der Waals surface area (Å²) in [6.45, 7) is 7.54. The van der Waals surface area contributed by atoms with Gasteiger partial charge in [-0.3, -0.25) is 4.79 Å². The molecular formula is C12H24N2O2. The smallest absolute Gasteiger partial charge is 0.249 e. The number of carbonyl (C=O) groups excluding carboxylic acids is 1. The number of rotatable bonds is 5. The zero-order valence-electron chi connectivity index (χ0n) is 10.6. The van der Waals surface area contributed by atoms with Crippen LogP contribution < -0.4 is 11.1 Å². The minimum absolute atomic E-state index is 0.0226. The quantitative estimate of drug-likeness (QED) is 0.739. The summed E-state index contributed by atoms with van der Waals surface area (Å²) in [5.41, 5.74) is 5.59. The molecular weight excluding hydrogens is 204 g/mol. The predicted molar refractivity (Wildman–Crippen MR) is 64.0 cm³/mol. The predicted octanol–water partition coefficient (Wildman–Crippen LogP) is 1.05. The van der Waals surface area contributed by atoms with E-state index in [1.165, 1.54) is 0 Å². The molecule has 16 heavy (non-hydrogen) atoms. The van der Waals surface area contributed by atoms with E-state index in [4.69, 9.17) is 10.5 Å². The summed E-state index contributed by atoms with van der Waals surface area (Å²) in [5.74, 6) is 0.0226. The minimum atomic E-state index is -0.247. The zero-order valence-corrected chi connectivity index (χ0v) is 10.6. The van der Waals surface area contributed by atoms with E-state index in [0.29, 0.717) is 13.1 Å². The van der Waals surface area contributed by atoms with Crippen molar-refractivity contribution in [3.05, 3.63) is 0 Å². The molecule has 0 bridgehead atoms. The van der Waals surface area contributed by atoms with Gasteiger partial charge in [0.2, 0.25) is 5.91 Å². The SMILES string of the molecule is CC1CCC(C(=O)NCC(C)(C)CCN)O1. The van der Waals surface area contributed by atoms with Gasteiger partial charge in [-0.25, -0.2) is 0 Å². The molecule has 2 atom stereocenters. The first-order chi connectivity index (χ1) is 7.44. The number of amides is 1. The van der Waals surface area contributed by atoms with Gasteiger partial charge in [0.25, 0.3) is 0 Å². The van der Waals surface area contributed by atoms with Crippen LogP contribution >= 0.6 is 0 Å². The molecule has 1 heterocycles. The van der Waals surface area contributed by atoms with Crippen LogP contribution in [0.3, 0.4) is 0 Å². The second kappa shape index (κ2) is 5.64. The lowest BCUT2D eigenvalue weighted by molar-refractivity contribution is -0.132. The Morgan fingerprint density at radius 2 is 2.19 bits per heavy atom. The lowest BCUT2D eigenvalue weighted by Crippen LogP contribution is -2.40. The van der Waals surface area contributed by atoms with E-state index < -0.39 is 0 Å². The van der Waals surface area contributed by atoms with Crippen LogP contribution in [0.5, 0.6) is 0 Å². The Morgan fingerprint density at radius 3 is 2.69 bits per heavy atom. The Hall–Kier alpha value is -0.610. The number of ether oxygens (including phenoxy) is 1. The topological polar surface area (TPSA) is 64.4 Å². The van der Waals surface area contributed by atoms with Gasteiger partial charge in [0.1, 0.15) is 6.10 Å².